The van der Waals surface area contributed by atoms with Crippen LogP contribution in [-0.4, -0.2) is 11.6 Å². The molecule has 0 aromatic rings. The first-order valence-corrected chi connectivity index (χ1v) is 19.4. The van der Waals surface area contributed by atoms with Crippen LogP contribution in [0.1, 0.15) is 214 Å². The van der Waals surface area contributed by atoms with Crippen LogP contribution in [0.25, 0.3) is 0 Å². The Balaban J connectivity index is 3.73. The SMILES string of the molecule is CCCCCCCC/C=C\CCCCCCCC(=O)CC(C(=O)CCCCCCC/C=C\CCCCCCCC)C(C)C. The molecule has 0 saturated heterocycles. The van der Waals surface area contributed by atoms with Gasteiger partial charge in [-0.05, 0) is 70.1 Å². The number of hydrogen-bond acceptors (Lipinski definition) is 2. The van der Waals surface area contributed by atoms with Crippen molar-refractivity contribution in [2.75, 3.05) is 0 Å². The highest BCUT2D eigenvalue weighted by Crippen LogP contribution is 2.22. The number of unbranched alkanes of at least 4 members (excludes halogenated alkanes) is 22. The molecule has 0 aliphatic heterocycles. The Morgan fingerprint density at radius 2 is 0.767 bits per heavy atom. The number of allylic oxidation sites excluding steroid dienone is 4. The zero-order valence-corrected chi connectivity index (χ0v) is 29.8. The molecule has 0 aromatic carbocycles. The maximum absolute atomic E-state index is 12.9. The fraction of sp³-hybridized carbons (Fsp3) is 0.854. The van der Waals surface area contributed by atoms with Gasteiger partial charge in [-0.2, -0.15) is 0 Å². The zero-order valence-electron chi connectivity index (χ0n) is 29.8. The Morgan fingerprint density at radius 3 is 1.14 bits per heavy atom. The van der Waals surface area contributed by atoms with Gasteiger partial charge in [-0.3, -0.25) is 9.59 Å². The van der Waals surface area contributed by atoms with E-state index in [0.29, 0.717) is 30.8 Å². The molecule has 0 amide bonds. The van der Waals surface area contributed by atoms with E-state index in [4.69, 9.17) is 0 Å². The Hall–Kier alpha value is -1.18. The summed E-state index contributed by atoms with van der Waals surface area (Å²) in [4.78, 5) is 25.5. The third-order valence-electron chi connectivity index (χ3n) is 9.07. The van der Waals surface area contributed by atoms with Gasteiger partial charge < -0.3 is 0 Å². The Bertz CT molecular complexity index is 659. The maximum Gasteiger partial charge on any atom is 0.136 e. The predicted molar refractivity (Wildman–Crippen MR) is 192 cm³/mol. The van der Waals surface area contributed by atoms with Gasteiger partial charge in [-0.25, -0.2) is 0 Å². The molecular weight excluding hydrogens is 524 g/mol. The van der Waals surface area contributed by atoms with E-state index in [9.17, 15) is 9.59 Å². The first-order valence-electron chi connectivity index (χ1n) is 19.4. The lowest BCUT2D eigenvalue weighted by Crippen LogP contribution is -2.23. The molecule has 0 spiro atoms. The summed E-state index contributed by atoms with van der Waals surface area (Å²) < 4.78 is 0. The second-order valence-electron chi connectivity index (χ2n) is 13.7. The summed E-state index contributed by atoms with van der Waals surface area (Å²) >= 11 is 0. The predicted octanol–water partition coefficient (Wildman–Crippen LogP) is 13.9. The highest BCUT2D eigenvalue weighted by molar-refractivity contribution is 5.88. The minimum Gasteiger partial charge on any atom is -0.300 e. The molecule has 252 valence electrons. The summed E-state index contributed by atoms with van der Waals surface area (Å²) in [5.74, 6) is 0.806. The lowest BCUT2D eigenvalue weighted by Gasteiger charge is -2.19. The molecule has 0 radical (unpaired) electrons. The lowest BCUT2D eigenvalue weighted by molar-refractivity contribution is -0.129. The molecule has 0 aliphatic rings. The third-order valence-corrected chi connectivity index (χ3v) is 9.07. The number of carbonyl (C=O) groups excluding carboxylic acids is 2. The molecule has 0 aliphatic carbocycles. The largest absolute Gasteiger partial charge is 0.300 e. The molecular formula is C41H76O2. The standard InChI is InChI=1S/C41H76O2/c1-5-7-9-11-13-15-17-19-21-23-25-27-29-31-33-35-39(42)37-40(38(3)4)41(43)36-34-32-30-28-26-24-22-20-18-16-14-12-10-8-6-2/h19-22,38,40H,5-18,23-37H2,1-4H3/b21-19-,22-20-. The number of rotatable bonds is 34. The second-order valence-corrected chi connectivity index (χ2v) is 13.7. The van der Waals surface area contributed by atoms with Crippen molar-refractivity contribution in [2.45, 2.75) is 214 Å². The van der Waals surface area contributed by atoms with Crippen molar-refractivity contribution in [1.29, 1.82) is 0 Å². The van der Waals surface area contributed by atoms with Crippen LogP contribution in [0.5, 0.6) is 0 Å². The van der Waals surface area contributed by atoms with E-state index in [-0.39, 0.29) is 11.8 Å². The van der Waals surface area contributed by atoms with Gasteiger partial charge in [-0.1, -0.05) is 155 Å². The summed E-state index contributed by atoms with van der Waals surface area (Å²) in [6, 6.07) is 0. The number of Topliss-reactive ketones (excluding diaryl/α,β-unsaturated/α-hetero) is 2. The van der Waals surface area contributed by atoms with Gasteiger partial charge in [0.05, 0.1) is 0 Å². The van der Waals surface area contributed by atoms with Gasteiger partial charge in [-0.15, -0.1) is 0 Å². The summed E-state index contributed by atoms with van der Waals surface area (Å²) in [5, 5.41) is 0. The van der Waals surface area contributed by atoms with Crippen LogP contribution in [0.15, 0.2) is 24.3 Å². The van der Waals surface area contributed by atoms with Crippen molar-refractivity contribution >= 4 is 11.6 Å². The lowest BCUT2D eigenvalue weighted by atomic mass is 9.84. The van der Waals surface area contributed by atoms with E-state index in [2.05, 4.69) is 52.0 Å². The normalized spacial score (nSPS) is 12.7. The van der Waals surface area contributed by atoms with E-state index in [1.165, 1.54) is 141 Å². The van der Waals surface area contributed by atoms with Crippen LogP contribution >= 0.6 is 0 Å². The van der Waals surface area contributed by atoms with Crippen LogP contribution in [0.4, 0.5) is 0 Å². The van der Waals surface area contributed by atoms with Crippen LogP contribution in [0.2, 0.25) is 0 Å². The van der Waals surface area contributed by atoms with Crippen molar-refractivity contribution in [3.8, 4) is 0 Å². The average Bonchev–Trinajstić information content (AvgIpc) is 2.99. The molecule has 0 bridgehead atoms. The van der Waals surface area contributed by atoms with Crippen molar-refractivity contribution < 1.29 is 9.59 Å². The highest BCUT2D eigenvalue weighted by Gasteiger charge is 2.24. The van der Waals surface area contributed by atoms with Crippen LogP contribution in [0.3, 0.4) is 0 Å². The Labute approximate surface area is 270 Å². The summed E-state index contributed by atoms with van der Waals surface area (Å²) in [6.45, 7) is 8.77. The monoisotopic (exact) mass is 601 g/mol. The Morgan fingerprint density at radius 1 is 0.442 bits per heavy atom. The smallest absolute Gasteiger partial charge is 0.136 e. The fourth-order valence-corrected chi connectivity index (χ4v) is 6.02. The number of carbonyl (C=O) groups is 2. The molecule has 0 fully saturated rings. The maximum atomic E-state index is 12.9. The molecule has 1 unspecified atom stereocenters. The molecule has 0 saturated carbocycles. The molecule has 0 rings (SSSR count). The first kappa shape index (κ1) is 41.8. The highest BCUT2D eigenvalue weighted by atomic mass is 16.1. The van der Waals surface area contributed by atoms with Crippen molar-refractivity contribution in [2.24, 2.45) is 11.8 Å². The molecule has 0 N–H and O–H groups in total. The summed E-state index contributed by atoms with van der Waals surface area (Å²) in [5.41, 5.74) is 0. The third kappa shape index (κ3) is 30.6. The van der Waals surface area contributed by atoms with Crippen molar-refractivity contribution in [3.63, 3.8) is 0 Å². The van der Waals surface area contributed by atoms with Crippen molar-refractivity contribution in [3.05, 3.63) is 24.3 Å². The zero-order chi connectivity index (χ0) is 31.6. The molecule has 0 aromatic heterocycles. The average molecular weight is 601 g/mol. The fourth-order valence-electron chi connectivity index (χ4n) is 6.02. The van der Waals surface area contributed by atoms with Crippen LogP contribution in [-0.2, 0) is 9.59 Å². The summed E-state index contributed by atoms with van der Waals surface area (Å²) in [7, 11) is 0. The number of ketones is 2. The molecule has 0 heterocycles. The quantitative estimate of drug-likeness (QED) is 0.0544. The van der Waals surface area contributed by atoms with Gasteiger partial charge >= 0.3 is 0 Å². The summed E-state index contributed by atoms with van der Waals surface area (Å²) in [6.07, 6.45) is 44.4. The molecule has 2 nitrogen and oxygen atoms in total. The van der Waals surface area contributed by atoms with Crippen molar-refractivity contribution in [1.82, 2.24) is 0 Å². The molecule has 2 heteroatoms. The minimum absolute atomic E-state index is 0.0765. The van der Waals surface area contributed by atoms with Gasteiger partial charge in [0.15, 0.2) is 0 Å². The Kier molecular flexibility index (Phi) is 32.8. The molecule has 43 heavy (non-hydrogen) atoms. The van der Waals surface area contributed by atoms with E-state index in [1.54, 1.807) is 0 Å². The van der Waals surface area contributed by atoms with Gasteiger partial charge in [0.2, 0.25) is 0 Å². The van der Waals surface area contributed by atoms with E-state index >= 15 is 0 Å². The second kappa shape index (κ2) is 33.7. The van der Waals surface area contributed by atoms with E-state index in [1.807, 2.05) is 0 Å². The van der Waals surface area contributed by atoms with E-state index < -0.39 is 0 Å². The van der Waals surface area contributed by atoms with Gasteiger partial charge in [0.1, 0.15) is 11.6 Å². The van der Waals surface area contributed by atoms with Gasteiger partial charge in [0.25, 0.3) is 0 Å². The minimum atomic E-state index is -0.0765. The van der Waals surface area contributed by atoms with E-state index in [0.717, 1.165) is 25.7 Å². The number of hydrogen-bond donors (Lipinski definition) is 0. The first-order chi connectivity index (χ1) is 21.0. The molecule has 1 atom stereocenters. The van der Waals surface area contributed by atoms with Crippen LogP contribution < -0.4 is 0 Å². The van der Waals surface area contributed by atoms with Gasteiger partial charge in [0, 0.05) is 25.2 Å². The van der Waals surface area contributed by atoms with Crippen LogP contribution in [0, 0.1) is 11.8 Å². The topological polar surface area (TPSA) is 34.1 Å².